The van der Waals surface area contributed by atoms with Gasteiger partial charge in [0.25, 0.3) is 0 Å². The summed E-state index contributed by atoms with van der Waals surface area (Å²) >= 11 is 6.73. The molecule has 0 aliphatic carbocycles. The van der Waals surface area contributed by atoms with E-state index in [0.717, 1.165) is 14.6 Å². The summed E-state index contributed by atoms with van der Waals surface area (Å²) in [6, 6.07) is 7.91. The van der Waals surface area contributed by atoms with Gasteiger partial charge in [0.2, 0.25) is 5.37 Å². The molecule has 1 aliphatic heterocycles. The molecule has 0 spiro atoms. The molecule has 1 fully saturated rings. The molecule has 0 aromatic heterocycles. The van der Waals surface area contributed by atoms with Crippen molar-refractivity contribution in [1.82, 2.24) is 4.90 Å². The zero-order chi connectivity index (χ0) is 14.2. The molecule has 1 heterocycles. The van der Waals surface area contributed by atoms with Crippen molar-refractivity contribution >= 4 is 34.5 Å². The molecule has 3 nitrogen and oxygen atoms in total. The fraction of sp³-hybridized carbons (Fsp3) is 0.429. The molecule has 1 aromatic rings. The van der Waals surface area contributed by atoms with Gasteiger partial charge in [0.1, 0.15) is 9.86 Å². The molecule has 1 atom stereocenters. The fourth-order valence-electron chi connectivity index (χ4n) is 1.95. The summed E-state index contributed by atoms with van der Waals surface area (Å²) in [6.07, 6.45) is 1.64. The third-order valence-electron chi connectivity index (χ3n) is 3.54. The molecule has 5 heteroatoms. The van der Waals surface area contributed by atoms with Crippen LogP contribution in [0.3, 0.4) is 0 Å². The predicted octanol–water partition coefficient (Wildman–Crippen LogP) is 2.99. The van der Waals surface area contributed by atoms with Crippen molar-refractivity contribution < 1.29 is 4.74 Å². The first kappa shape index (κ1) is 14.3. The van der Waals surface area contributed by atoms with E-state index in [1.807, 2.05) is 57.0 Å². The fourth-order valence-corrected chi connectivity index (χ4v) is 3.65. The molecule has 0 radical (unpaired) electrons. The summed E-state index contributed by atoms with van der Waals surface area (Å²) in [6.45, 7) is 6.11. The van der Waals surface area contributed by atoms with E-state index >= 15 is 0 Å². The standard InChI is InChI=1S/C14H18N2OS2/c1-10-5-7-11(8-6-10)9-16(17)12-14(2,3)15(4)13(18)19-12/h5-9,12H,1-4H3/t12-/m1/s1. The molecule has 1 saturated heterocycles. The lowest BCUT2D eigenvalue weighted by Crippen LogP contribution is -2.47. The lowest BCUT2D eigenvalue weighted by molar-refractivity contribution is -0.480. The molecule has 0 saturated carbocycles. The van der Waals surface area contributed by atoms with Gasteiger partial charge in [-0.25, -0.2) is 0 Å². The van der Waals surface area contributed by atoms with Crippen molar-refractivity contribution in [1.29, 1.82) is 0 Å². The van der Waals surface area contributed by atoms with Crippen LogP contribution in [-0.2, 0) is 0 Å². The zero-order valence-corrected chi connectivity index (χ0v) is 13.2. The Balaban J connectivity index is 2.27. The number of likely N-dealkylation sites (N-methyl/N-ethyl adjacent to an activating group) is 1. The normalized spacial score (nSPS) is 22.9. The number of aryl methyl sites for hydroxylation is 1. The van der Waals surface area contributed by atoms with Gasteiger partial charge in [0.05, 0.1) is 0 Å². The first-order chi connectivity index (χ1) is 8.82. The summed E-state index contributed by atoms with van der Waals surface area (Å²) < 4.78 is 1.79. The van der Waals surface area contributed by atoms with Gasteiger partial charge in [-0.05, 0) is 44.7 Å². The Bertz CT molecular complexity index is 523. The molecule has 0 N–H and O–H groups in total. The van der Waals surface area contributed by atoms with E-state index in [4.69, 9.17) is 12.2 Å². The van der Waals surface area contributed by atoms with Crippen LogP contribution in [0.2, 0.25) is 0 Å². The molecule has 1 aromatic carbocycles. The van der Waals surface area contributed by atoms with E-state index in [0.29, 0.717) is 0 Å². The molecule has 1 aliphatic rings. The molecule has 0 unspecified atom stereocenters. The van der Waals surface area contributed by atoms with Crippen LogP contribution in [0.15, 0.2) is 24.3 Å². The Kier molecular flexibility index (Phi) is 3.87. The van der Waals surface area contributed by atoms with Crippen LogP contribution < -0.4 is 0 Å². The Morgan fingerprint density at radius 1 is 1.37 bits per heavy atom. The number of benzene rings is 1. The molecular formula is C14H18N2OS2. The number of hydrogen-bond donors (Lipinski definition) is 0. The Labute approximate surface area is 123 Å². The highest BCUT2D eigenvalue weighted by atomic mass is 32.2. The summed E-state index contributed by atoms with van der Waals surface area (Å²) in [4.78, 5) is 1.99. The van der Waals surface area contributed by atoms with E-state index in [9.17, 15) is 5.21 Å². The second-order valence-corrected chi connectivity index (χ2v) is 7.06. The van der Waals surface area contributed by atoms with Gasteiger partial charge in [-0.2, -0.15) is 4.74 Å². The maximum Gasteiger partial charge on any atom is 0.238 e. The van der Waals surface area contributed by atoms with Gasteiger partial charge in [-0.15, -0.1) is 0 Å². The highest BCUT2D eigenvalue weighted by Crippen LogP contribution is 2.38. The van der Waals surface area contributed by atoms with Crippen LogP contribution in [0.25, 0.3) is 0 Å². The first-order valence-corrected chi connectivity index (χ1v) is 7.42. The van der Waals surface area contributed by atoms with Crippen LogP contribution in [0.5, 0.6) is 0 Å². The minimum absolute atomic E-state index is 0.216. The number of thioether (sulfide) groups is 1. The van der Waals surface area contributed by atoms with E-state index in [1.165, 1.54) is 17.3 Å². The molecule has 0 amide bonds. The van der Waals surface area contributed by atoms with Gasteiger partial charge in [0.15, 0.2) is 6.21 Å². The SMILES string of the molecule is Cc1ccc(C=[N+]([O-])[C@@H]2SC(=S)N(C)C2(C)C)cc1. The number of hydrogen-bond acceptors (Lipinski definition) is 3. The quantitative estimate of drug-likeness (QED) is 0.276. The van der Waals surface area contributed by atoms with Crippen LogP contribution >= 0.6 is 24.0 Å². The van der Waals surface area contributed by atoms with Crippen molar-refractivity contribution in [2.45, 2.75) is 31.7 Å². The predicted molar refractivity (Wildman–Crippen MR) is 85.8 cm³/mol. The van der Waals surface area contributed by atoms with Crippen molar-refractivity contribution in [2.75, 3.05) is 7.05 Å². The van der Waals surface area contributed by atoms with Gasteiger partial charge in [-0.1, -0.05) is 29.9 Å². The molecule has 2 rings (SSSR count). The monoisotopic (exact) mass is 294 g/mol. The highest BCUT2D eigenvalue weighted by Gasteiger charge is 2.48. The molecular weight excluding hydrogens is 276 g/mol. The van der Waals surface area contributed by atoms with Gasteiger partial charge in [-0.3, -0.25) is 0 Å². The molecule has 0 bridgehead atoms. The van der Waals surface area contributed by atoms with Crippen LogP contribution in [0, 0.1) is 12.1 Å². The maximum absolute atomic E-state index is 12.4. The number of nitrogens with zero attached hydrogens (tertiary/aromatic N) is 2. The summed E-state index contributed by atoms with van der Waals surface area (Å²) in [7, 11) is 1.94. The Morgan fingerprint density at radius 3 is 2.42 bits per heavy atom. The summed E-state index contributed by atoms with van der Waals surface area (Å²) in [5, 5.41) is 12.1. The van der Waals surface area contributed by atoms with E-state index in [2.05, 4.69) is 0 Å². The van der Waals surface area contributed by atoms with E-state index in [-0.39, 0.29) is 10.9 Å². The second-order valence-electron chi connectivity index (χ2n) is 5.35. The number of thiocarbonyl (C=S) groups is 1. The zero-order valence-electron chi connectivity index (χ0n) is 11.6. The minimum Gasteiger partial charge on any atom is -0.623 e. The second kappa shape index (κ2) is 5.13. The Morgan fingerprint density at radius 2 is 1.95 bits per heavy atom. The van der Waals surface area contributed by atoms with Crippen LogP contribution in [0.4, 0.5) is 0 Å². The highest BCUT2D eigenvalue weighted by molar-refractivity contribution is 8.23. The average molecular weight is 294 g/mol. The summed E-state index contributed by atoms with van der Waals surface area (Å²) in [5.41, 5.74) is 1.83. The largest absolute Gasteiger partial charge is 0.623 e. The van der Waals surface area contributed by atoms with Crippen LogP contribution in [0.1, 0.15) is 25.0 Å². The van der Waals surface area contributed by atoms with Crippen molar-refractivity contribution in [3.8, 4) is 0 Å². The smallest absolute Gasteiger partial charge is 0.238 e. The molecule has 19 heavy (non-hydrogen) atoms. The van der Waals surface area contributed by atoms with Crippen molar-refractivity contribution in [3.63, 3.8) is 0 Å². The minimum atomic E-state index is -0.273. The van der Waals surface area contributed by atoms with Crippen LogP contribution in [-0.4, -0.2) is 38.1 Å². The van der Waals surface area contributed by atoms with E-state index in [1.54, 1.807) is 6.21 Å². The third kappa shape index (κ3) is 2.77. The average Bonchev–Trinajstić information content (AvgIpc) is 2.56. The molecule has 102 valence electrons. The maximum atomic E-state index is 12.4. The van der Waals surface area contributed by atoms with E-state index < -0.39 is 0 Å². The number of rotatable bonds is 2. The third-order valence-corrected chi connectivity index (χ3v) is 5.59. The lowest BCUT2D eigenvalue weighted by atomic mass is 10.0. The van der Waals surface area contributed by atoms with Gasteiger partial charge >= 0.3 is 0 Å². The first-order valence-electron chi connectivity index (χ1n) is 6.14. The Hall–Kier alpha value is -1.07. The van der Waals surface area contributed by atoms with Crippen molar-refractivity contribution in [2.24, 2.45) is 0 Å². The van der Waals surface area contributed by atoms with Gasteiger partial charge in [0, 0.05) is 12.6 Å². The van der Waals surface area contributed by atoms with Gasteiger partial charge < -0.3 is 10.1 Å². The summed E-state index contributed by atoms with van der Waals surface area (Å²) in [5.74, 6) is 0. The topological polar surface area (TPSA) is 29.3 Å². The van der Waals surface area contributed by atoms with Crippen molar-refractivity contribution in [3.05, 3.63) is 40.6 Å². The lowest BCUT2D eigenvalue weighted by Gasteiger charge is -2.30. The number of hydroxylamine groups is 1.